The molecule has 0 aliphatic rings. The van der Waals surface area contributed by atoms with E-state index in [2.05, 4.69) is 35.6 Å². The first-order valence-electron chi connectivity index (χ1n) is 6.53. The standard InChI is InChI=1S/C14H21N3O/c1-4-15-12(14-11(3)6-9-18-14)10-13-16-7-8-17(13)5-2/h6-9,12,15H,4-5,10H2,1-3H3. The van der Waals surface area contributed by atoms with Gasteiger partial charge in [0.05, 0.1) is 12.3 Å². The molecule has 2 aromatic heterocycles. The van der Waals surface area contributed by atoms with Crippen LogP contribution in [0.1, 0.15) is 37.0 Å². The van der Waals surface area contributed by atoms with Crippen molar-refractivity contribution < 1.29 is 4.42 Å². The number of nitrogens with one attached hydrogen (secondary N) is 1. The lowest BCUT2D eigenvalue weighted by molar-refractivity contribution is 0.405. The Morgan fingerprint density at radius 3 is 2.89 bits per heavy atom. The second kappa shape index (κ2) is 5.87. The van der Waals surface area contributed by atoms with Gasteiger partial charge in [0.2, 0.25) is 0 Å². The van der Waals surface area contributed by atoms with E-state index in [0.29, 0.717) is 0 Å². The zero-order chi connectivity index (χ0) is 13.0. The Morgan fingerprint density at radius 2 is 2.28 bits per heavy atom. The van der Waals surface area contributed by atoms with Crippen LogP contribution in [0.4, 0.5) is 0 Å². The van der Waals surface area contributed by atoms with Gasteiger partial charge in [0, 0.05) is 25.4 Å². The summed E-state index contributed by atoms with van der Waals surface area (Å²) in [5.74, 6) is 2.11. The number of furan rings is 1. The average molecular weight is 247 g/mol. The van der Waals surface area contributed by atoms with Crippen LogP contribution in [-0.4, -0.2) is 16.1 Å². The van der Waals surface area contributed by atoms with Crippen LogP contribution in [0.3, 0.4) is 0 Å². The molecule has 1 N–H and O–H groups in total. The Hall–Kier alpha value is -1.55. The van der Waals surface area contributed by atoms with Crippen LogP contribution >= 0.6 is 0 Å². The van der Waals surface area contributed by atoms with Crippen LogP contribution in [-0.2, 0) is 13.0 Å². The molecule has 0 aromatic carbocycles. The molecule has 0 bridgehead atoms. The van der Waals surface area contributed by atoms with Crippen molar-refractivity contribution in [1.29, 1.82) is 0 Å². The molecule has 2 rings (SSSR count). The predicted molar refractivity (Wildman–Crippen MR) is 71.5 cm³/mol. The van der Waals surface area contributed by atoms with Gasteiger partial charge in [-0.25, -0.2) is 4.98 Å². The largest absolute Gasteiger partial charge is 0.467 e. The topological polar surface area (TPSA) is 43.0 Å². The lowest BCUT2D eigenvalue weighted by Crippen LogP contribution is -2.24. The van der Waals surface area contributed by atoms with Gasteiger partial charge in [0.25, 0.3) is 0 Å². The highest BCUT2D eigenvalue weighted by Crippen LogP contribution is 2.22. The molecule has 0 aliphatic heterocycles. The van der Waals surface area contributed by atoms with Crippen molar-refractivity contribution in [3.05, 3.63) is 41.9 Å². The summed E-state index contributed by atoms with van der Waals surface area (Å²) in [5.41, 5.74) is 1.19. The molecule has 0 amide bonds. The van der Waals surface area contributed by atoms with Gasteiger partial charge in [0.1, 0.15) is 11.6 Å². The molecule has 98 valence electrons. The van der Waals surface area contributed by atoms with E-state index in [1.165, 1.54) is 5.56 Å². The maximum absolute atomic E-state index is 5.60. The second-order valence-corrected chi connectivity index (χ2v) is 4.41. The fourth-order valence-corrected chi connectivity index (χ4v) is 2.25. The van der Waals surface area contributed by atoms with Gasteiger partial charge in [0.15, 0.2) is 0 Å². The number of aryl methyl sites for hydroxylation is 2. The number of aromatic nitrogens is 2. The Morgan fingerprint density at radius 1 is 1.44 bits per heavy atom. The van der Waals surface area contributed by atoms with Crippen molar-refractivity contribution in [2.45, 2.75) is 39.8 Å². The number of rotatable bonds is 6. The van der Waals surface area contributed by atoms with E-state index >= 15 is 0 Å². The molecule has 2 aromatic rings. The minimum absolute atomic E-state index is 0.192. The maximum Gasteiger partial charge on any atom is 0.124 e. The number of hydrogen-bond donors (Lipinski definition) is 1. The lowest BCUT2D eigenvalue weighted by atomic mass is 10.1. The highest BCUT2D eigenvalue weighted by Gasteiger charge is 2.18. The van der Waals surface area contributed by atoms with E-state index in [-0.39, 0.29) is 6.04 Å². The molecular weight excluding hydrogens is 226 g/mol. The second-order valence-electron chi connectivity index (χ2n) is 4.41. The van der Waals surface area contributed by atoms with E-state index < -0.39 is 0 Å². The van der Waals surface area contributed by atoms with Crippen molar-refractivity contribution >= 4 is 0 Å². The van der Waals surface area contributed by atoms with Crippen molar-refractivity contribution in [2.75, 3.05) is 6.54 Å². The number of nitrogens with zero attached hydrogens (tertiary/aromatic N) is 2. The summed E-state index contributed by atoms with van der Waals surface area (Å²) in [7, 11) is 0. The van der Waals surface area contributed by atoms with Gasteiger partial charge in [-0.15, -0.1) is 0 Å². The molecule has 0 saturated heterocycles. The summed E-state index contributed by atoms with van der Waals surface area (Å²) in [5, 5.41) is 3.47. The molecule has 0 fully saturated rings. The maximum atomic E-state index is 5.60. The van der Waals surface area contributed by atoms with Gasteiger partial charge < -0.3 is 14.3 Å². The normalized spacial score (nSPS) is 12.8. The Balaban J connectivity index is 2.19. The smallest absolute Gasteiger partial charge is 0.124 e. The van der Waals surface area contributed by atoms with E-state index in [1.54, 1.807) is 6.26 Å². The monoisotopic (exact) mass is 247 g/mol. The predicted octanol–water partition coefficient (Wildman–Crippen LogP) is 2.70. The Labute approximate surface area is 108 Å². The molecular formula is C14H21N3O. The third kappa shape index (κ3) is 2.64. The van der Waals surface area contributed by atoms with Gasteiger partial charge in [-0.2, -0.15) is 0 Å². The first-order valence-corrected chi connectivity index (χ1v) is 6.53. The highest BCUT2D eigenvalue weighted by molar-refractivity contribution is 5.19. The van der Waals surface area contributed by atoms with Crippen LogP contribution in [0, 0.1) is 6.92 Å². The van der Waals surface area contributed by atoms with Gasteiger partial charge in [-0.05, 0) is 32.0 Å². The lowest BCUT2D eigenvalue weighted by Gasteiger charge is -2.17. The molecule has 2 heterocycles. The van der Waals surface area contributed by atoms with Crippen LogP contribution in [0.5, 0.6) is 0 Å². The molecule has 18 heavy (non-hydrogen) atoms. The summed E-state index contributed by atoms with van der Waals surface area (Å²) in [6.07, 6.45) is 6.48. The molecule has 0 saturated carbocycles. The van der Waals surface area contributed by atoms with Crippen LogP contribution in [0.2, 0.25) is 0 Å². The SMILES string of the molecule is CCNC(Cc1nccn1CC)c1occc1C. The van der Waals surface area contributed by atoms with E-state index in [4.69, 9.17) is 4.42 Å². The first-order chi connectivity index (χ1) is 8.76. The van der Waals surface area contributed by atoms with E-state index in [0.717, 1.165) is 31.1 Å². The minimum atomic E-state index is 0.192. The van der Waals surface area contributed by atoms with Crippen molar-refractivity contribution in [1.82, 2.24) is 14.9 Å². The zero-order valence-corrected chi connectivity index (χ0v) is 11.3. The summed E-state index contributed by atoms with van der Waals surface area (Å²) < 4.78 is 7.77. The fourth-order valence-electron chi connectivity index (χ4n) is 2.25. The number of imidazole rings is 1. The molecule has 4 heteroatoms. The molecule has 0 spiro atoms. The van der Waals surface area contributed by atoms with E-state index in [1.807, 2.05) is 18.5 Å². The van der Waals surface area contributed by atoms with Crippen molar-refractivity contribution in [3.8, 4) is 0 Å². The first kappa shape index (κ1) is 12.9. The quantitative estimate of drug-likeness (QED) is 0.853. The van der Waals surface area contributed by atoms with Crippen LogP contribution < -0.4 is 5.32 Å². The molecule has 0 radical (unpaired) electrons. The summed E-state index contributed by atoms with van der Waals surface area (Å²) in [4.78, 5) is 4.43. The third-order valence-electron chi connectivity index (χ3n) is 3.20. The number of likely N-dealkylation sites (N-methyl/N-ethyl adjacent to an activating group) is 1. The average Bonchev–Trinajstić information content (AvgIpc) is 2.97. The summed E-state index contributed by atoms with van der Waals surface area (Å²) >= 11 is 0. The van der Waals surface area contributed by atoms with Gasteiger partial charge >= 0.3 is 0 Å². The van der Waals surface area contributed by atoms with Crippen molar-refractivity contribution in [2.24, 2.45) is 0 Å². The zero-order valence-electron chi connectivity index (χ0n) is 11.3. The van der Waals surface area contributed by atoms with Gasteiger partial charge in [-0.1, -0.05) is 6.92 Å². The third-order valence-corrected chi connectivity index (χ3v) is 3.20. The molecule has 1 unspecified atom stereocenters. The number of hydrogen-bond acceptors (Lipinski definition) is 3. The molecule has 0 aliphatic carbocycles. The van der Waals surface area contributed by atoms with Gasteiger partial charge in [-0.3, -0.25) is 0 Å². The Bertz CT molecular complexity index is 487. The molecule has 4 nitrogen and oxygen atoms in total. The highest BCUT2D eigenvalue weighted by atomic mass is 16.3. The summed E-state index contributed by atoms with van der Waals surface area (Å²) in [6.45, 7) is 8.18. The summed E-state index contributed by atoms with van der Waals surface area (Å²) in [6, 6.07) is 2.20. The van der Waals surface area contributed by atoms with E-state index in [9.17, 15) is 0 Å². The van der Waals surface area contributed by atoms with Crippen LogP contribution in [0.25, 0.3) is 0 Å². The Kier molecular flexibility index (Phi) is 4.20. The van der Waals surface area contributed by atoms with Crippen LogP contribution in [0.15, 0.2) is 29.1 Å². The fraction of sp³-hybridized carbons (Fsp3) is 0.500. The minimum Gasteiger partial charge on any atom is -0.467 e. The molecule has 1 atom stereocenters. The van der Waals surface area contributed by atoms with Crippen molar-refractivity contribution in [3.63, 3.8) is 0 Å².